The zero-order chi connectivity index (χ0) is 14.7. The molecule has 0 radical (unpaired) electrons. The predicted octanol–water partition coefficient (Wildman–Crippen LogP) is 5.72. The van der Waals surface area contributed by atoms with Crippen molar-refractivity contribution >= 4 is 5.97 Å². The van der Waals surface area contributed by atoms with Crippen molar-refractivity contribution < 1.29 is 9.90 Å². The molecule has 116 valence electrons. The van der Waals surface area contributed by atoms with E-state index in [-0.39, 0.29) is 0 Å². The minimum Gasteiger partial charge on any atom is -0.481 e. The van der Waals surface area contributed by atoms with E-state index < -0.39 is 5.97 Å². The van der Waals surface area contributed by atoms with Gasteiger partial charge in [-0.05, 0) is 43.9 Å². The number of carboxylic acids is 1. The van der Waals surface area contributed by atoms with Gasteiger partial charge >= 0.3 is 5.97 Å². The Kier molecular flexibility index (Phi) is 8.64. The number of hydrogen-bond acceptors (Lipinski definition) is 1. The summed E-state index contributed by atoms with van der Waals surface area (Å²) in [7, 11) is 0. The highest BCUT2D eigenvalue weighted by Crippen LogP contribution is 2.45. The molecule has 1 fully saturated rings. The second-order valence-corrected chi connectivity index (χ2v) is 6.45. The number of carbonyl (C=O) groups is 1. The number of rotatable bonds is 11. The Morgan fingerprint density at radius 3 is 2.35 bits per heavy atom. The maximum atomic E-state index is 10.4. The monoisotopic (exact) mass is 280 g/mol. The Bertz CT molecular complexity index is 288. The maximum absolute atomic E-state index is 10.4. The molecule has 0 amide bonds. The van der Waals surface area contributed by atoms with Crippen molar-refractivity contribution in [1.82, 2.24) is 0 Å². The van der Waals surface area contributed by atoms with Crippen LogP contribution in [0.15, 0.2) is 12.2 Å². The SMILES string of the molecule is CC/C=C\CC1(CCCCCCCC(=O)O)CCCC1. The molecule has 0 aliphatic heterocycles. The molecule has 0 saturated heterocycles. The van der Waals surface area contributed by atoms with Crippen LogP contribution in [-0.4, -0.2) is 11.1 Å². The van der Waals surface area contributed by atoms with E-state index in [2.05, 4.69) is 19.1 Å². The molecule has 1 aliphatic rings. The van der Waals surface area contributed by atoms with Crippen LogP contribution in [0.25, 0.3) is 0 Å². The topological polar surface area (TPSA) is 37.3 Å². The van der Waals surface area contributed by atoms with Gasteiger partial charge in [0.25, 0.3) is 0 Å². The van der Waals surface area contributed by atoms with Crippen LogP contribution in [-0.2, 0) is 4.79 Å². The molecule has 1 N–H and O–H groups in total. The molecule has 0 aromatic carbocycles. The summed E-state index contributed by atoms with van der Waals surface area (Å²) in [5.41, 5.74) is 0.604. The first kappa shape index (κ1) is 17.3. The van der Waals surface area contributed by atoms with Gasteiger partial charge in [-0.15, -0.1) is 0 Å². The number of hydrogen-bond donors (Lipinski definition) is 1. The van der Waals surface area contributed by atoms with Crippen molar-refractivity contribution in [3.05, 3.63) is 12.2 Å². The summed E-state index contributed by atoms with van der Waals surface area (Å²) in [6.45, 7) is 2.20. The largest absolute Gasteiger partial charge is 0.481 e. The van der Waals surface area contributed by atoms with E-state index in [1.54, 1.807) is 0 Å². The fourth-order valence-corrected chi connectivity index (χ4v) is 3.49. The van der Waals surface area contributed by atoms with Crippen molar-refractivity contribution in [2.75, 3.05) is 0 Å². The van der Waals surface area contributed by atoms with Gasteiger partial charge in [0.2, 0.25) is 0 Å². The number of aliphatic carboxylic acids is 1. The van der Waals surface area contributed by atoms with Gasteiger partial charge in [-0.1, -0.05) is 57.6 Å². The minimum atomic E-state index is -0.655. The van der Waals surface area contributed by atoms with E-state index in [0.29, 0.717) is 11.8 Å². The average Bonchev–Trinajstić information content (AvgIpc) is 2.87. The van der Waals surface area contributed by atoms with Crippen LogP contribution < -0.4 is 0 Å². The van der Waals surface area contributed by atoms with Gasteiger partial charge in [0, 0.05) is 6.42 Å². The van der Waals surface area contributed by atoms with Crippen LogP contribution in [0.1, 0.15) is 90.4 Å². The molecule has 0 unspecified atom stereocenters. The molecule has 1 rings (SSSR count). The summed E-state index contributed by atoms with van der Waals surface area (Å²) >= 11 is 0. The first-order chi connectivity index (χ1) is 9.68. The Morgan fingerprint density at radius 1 is 1.05 bits per heavy atom. The molecule has 0 atom stereocenters. The number of unbranched alkanes of at least 4 members (excludes halogenated alkanes) is 4. The van der Waals surface area contributed by atoms with Crippen molar-refractivity contribution in [1.29, 1.82) is 0 Å². The van der Waals surface area contributed by atoms with E-state index >= 15 is 0 Å². The molecular formula is C18H32O2. The predicted molar refractivity (Wildman–Crippen MR) is 84.9 cm³/mol. The zero-order valence-corrected chi connectivity index (χ0v) is 13.2. The van der Waals surface area contributed by atoms with Crippen molar-refractivity contribution in [2.24, 2.45) is 5.41 Å². The van der Waals surface area contributed by atoms with Gasteiger partial charge < -0.3 is 5.11 Å². The van der Waals surface area contributed by atoms with Crippen LogP contribution >= 0.6 is 0 Å². The summed E-state index contributed by atoms with van der Waals surface area (Å²) in [5.74, 6) is -0.655. The fraction of sp³-hybridized carbons (Fsp3) is 0.833. The number of carboxylic acid groups (broad SMARTS) is 1. The smallest absolute Gasteiger partial charge is 0.303 e. The van der Waals surface area contributed by atoms with E-state index in [1.165, 1.54) is 57.8 Å². The van der Waals surface area contributed by atoms with E-state index in [1.807, 2.05) is 0 Å². The molecule has 0 bridgehead atoms. The molecule has 0 aromatic rings. The molecule has 1 aliphatic carbocycles. The highest BCUT2D eigenvalue weighted by atomic mass is 16.4. The van der Waals surface area contributed by atoms with Crippen LogP contribution in [0.3, 0.4) is 0 Å². The van der Waals surface area contributed by atoms with Crippen LogP contribution in [0, 0.1) is 5.41 Å². The number of allylic oxidation sites excluding steroid dienone is 2. The fourth-order valence-electron chi connectivity index (χ4n) is 3.49. The first-order valence-electron chi connectivity index (χ1n) is 8.55. The lowest BCUT2D eigenvalue weighted by molar-refractivity contribution is -0.137. The third-order valence-corrected chi connectivity index (χ3v) is 4.72. The summed E-state index contributed by atoms with van der Waals surface area (Å²) in [6, 6.07) is 0. The first-order valence-corrected chi connectivity index (χ1v) is 8.55. The summed E-state index contributed by atoms with van der Waals surface area (Å²) < 4.78 is 0. The molecule has 20 heavy (non-hydrogen) atoms. The Hall–Kier alpha value is -0.790. The van der Waals surface area contributed by atoms with Crippen LogP contribution in [0.5, 0.6) is 0 Å². The van der Waals surface area contributed by atoms with Crippen molar-refractivity contribution in [2.45, 2.75) is 90.4 Å². The van der Waals surface area contributed by atoms with E-state index in [9.17, 15) is 4.79 Å². The molecule has 1 saturated carbocycles. The highest BCUT2D eigenvalue weighted by molar-refractivity contribution is 5.66. The van der Waals surface area contributed by atoms with Crippen molar-refractivity contribution in [3.63, 3.8) is 0 Å². The highest BCUT2D eigenvalue weighted by Gasteiger charge is 2.31. The van der Waals surface area contributed by atoms with E-state index in [4.69, 9.17) is 5.11 Å². The Morgan fingerprint density at radius 2 is 1.70 bits per heavy atom. The van der Waals surface area contributed by atoms with Gasteiger partial charge in [-0.3, -0.25) is 4.79 Å². The van der Waals surface area contributed by atoms with Gasteiger partial charge in [-0.2, -0.15) is 0 Å². The Labute approximate surface area is 124 Å². The molecule has 0 aromatic heterocycles. The molecule has 2 nitrogen and oxygen atoms in total. The summed E-state index contributed by atoms with van der Waals surface area (Å²) in [5, 5.41) is 8.59. The molecule has 0 spiro atoms. The molecule has 0 heterocycles. The van der Waals surface area contributed by atoms with E-state index in [0.717, 1.165) is 19.3 Å². The van der Waals surface area contributed by atoms with Gasteiger partial charge in [0.05, 0.1) is 0 Å². The third-order valence-electron chi connectivity index (χ3n) is 4.72. The lowest BCUT2D eigenvalue weighted by Gasteiger charge is -2.27. The van der Waals surface area contributed by atoms with Gasteiger partial charge in [-0.25, -0.2) is 0 Å². The van der Waals surface area contributed by atoms with Gasteiger partial charge in [0.15, 0.2) is 0 Å². The minimum absolute atomic E-state index is 0.339. The maximum Gasteiger partial charge on any atom is 0.303 e. The van der Waals surface area contributed by atoms with Crippen molar-refractivity contribution in [3.8, 4) is 0 Å². The lowest BCUT2D eigenvalue weighted by Crippen LogP contribution is -2.15. The quantitative estimate of drug-likeness (QED) is 0.388. The van der Waals surface area contributed by atoms with Crippen LogP contribution in [0.4, 0.5) is 0 Å². The summed E-state index contributed by atoms with van der Waals surface area (Å²) in [4.78, 5) is 10.4. The normalized spacial score (nSPS) is 17.9. The molecular weight excluding hydrogens is 248 g/mol. The Balaban J connectivity index is 2.13. The second kappa shape index (κ2) is 10.0. The standard InChI is InChI=1S/C18H32O2/c1-2-3-8-13-18(15-10-11-16-18)14-9-6-4-5-7-12-17(19)20/h3,8H,2,4-7,9-16H2,1H3,(H,19,20)/b8-3-. The average molecular weight is 280 g/mol. The lowest BCUT2D eigenvalue weighted by atomic mass is 9.78. The zero-order valence-electron chi connectivity index (χ0n) is 13.2. The summed E-state index contributed by atoms with van der Waals surface area (Å²) in [6.07, 6.45) is 20.3. The molecule has 2 heteroatoms. The third kappa shape index (κ3) is 7.12. The second-order valence-electron chi connectivity index (χ2n) is 6.45. The van der Waals surface area contributed by atoms with Gasteiger partial charge in [0.1, 0.15) is 0 Å². The van der Waals surface area contributed by atoms with Crippen LogP contribution in [0.2, 0.25) is 0 Å².